The summed E-state index contributed by atoms with van der Waals surface area (Å²) in [6.45, 7) is 3.60. The molecule has 19 heavy (non-hydrogen) atoms. The number of nitriles is 1. The molecule has 102 valence electrons. The van der Waals surface area contributed by atoms with Crippen molar-refractivity contribution in [1.29, 1.82) is 5.26 Å². The molecule has 0 radical (unpaired) electrons. The van der Waals surface area contributed by atoms with E-state index in [1.165, 1.54) is 25.1 Å². The first-order valence-electron chi connectivity index (χ1n) is 5.71. The topological polar surface area (TPSA) is 99.1 Å². The Morgan fingerprint density at radius 2 is 2.05 bits per heavy atom. The van der Waals surface area contributed by atoms with Gasteiger partial charge in [0.15, 0.2) is 0 Å². The quantitative estimate of drug-likeness (QED) is 0.814. The Morgan fingerprint density at radius 1 is 1.42 bits per heavy atom. The van der Waals surface area contributed by atoms with Gasteiger partial charge >= 0.3 is 0 Å². The first-order valence-corrected chi connectivity index (χ1v) is 7.20. The van der Waals surface area contributed by atoms with E-state index in [-0.39, 0.29) is 10.5 Å². The van der Waals surface area contributed by atoms with Crippen LogP contribution in [0, 0.1) is 11.3 Å². The first kappa shape index (κ1) is 15.1. The van der Waals surface area contributed by atoms with Gasteiger partial charge in [-0.1, -0.05) is 12.1 Å². The number of hydrogen-bond donors (Lipinski definition) is 2. The molecule has 0 bridgehead atoms. The number of benzene rings is 1. The Balaban J connectivity index is 3.00. The highest BCUT2D eigenvalue weighted by Gasteiger charge is 2.23. The highest BCUT2D eigenvalue weighted by atomic mass is 32.2. The summed E-state index contributed by atoms with van der Waals surface area (Å²) in [5.74, 6) is -0.416. The minimum atomic E-state index is -3.90. The van der Waals surface area contributed by atoms with Gasteiger partial charge in [0.05, 0.1) is 16.5 Å². The summed E-state index contributed by atoms with van der Waals surface area (Å²) in [5.41, 5.74) is 0.0399. The molecule has 0 saturated heterocycles. The van der Waals surface area contributed by atoms with Gasteiger partial charge in [-0.15, -0.1) is 0 Å². The number of carbonyl (C=O) groups is 1. The SMILES string of the molecule is CCNC(=O)[C@@H](C)NS(=O)(=O)c1ccccc1C#N. The van der Waals surface area contributed by atoms with E-state index in [0.29, 0.717) is 6.54 Å². The van der Waals surface area contributed by atoms with Crippen molar-refractivity contribution < 1.29 is 13.2 Å². The number of nitrogens with one attached hydrogen (secondary N) is 2. The fourth-order valence-corrected chi connectivity index (χ4v) is 2.83. The van der Waals surface area contributed by atoms with Gasteiger partial charge in [-0.25, -0.2) is 8.42 Å². The summed E-state index contributed by atoms with van der Waals surface area (Å²) < 4.78 is 26.4. The largest absolute Gasteiger partial charge is 0.355 e. The zero-order chi connectivity index (χ0) is 14.5. The second-order valence-corrected chi connectivity index (χ2v) is 5.53. The number of likely N-dealkylation sites (N-methyl/N-ethyl adjacent to an activating group) is 1. The molecule has 1 rings (SSSR count). The van der Waals surface area contributed by atoms with Gasteiger partial charge in [-0.05, 0) is 26.0 Å². The number of nitrogens with zero attached hydrogens (tertiary/aromatic N) is 1. The molecular formula is C12H15N3O3S. The molecular weight excluding hydrogens is 266 g/mol. The van der Waals surface area contributed by atoms with E-state index in [2.05, 4.69) is 10.0 Å². The third-order valence-electron chi connectivity index (χ3n) is 2.37. The minimum Gasteiger partial charge on any atom is -0.355 e. The monoisotopic (exact) mass is 281 g/mol. The van der Waals surface area contributed by atoms with Gasteiger partial charge < -0.3 is 5.32 Å². The van der Waals surface area contributed by atoms with Gasteiger partial charge in [0.1, 0.15) is 6.07 Å². The Hall–Kier alpha value is -1.91. The summed E-state index contributed by atoms with van der Waals surface area (Å²) in [5, 5.41) is 11.4. The normalized spacial score (nSPS) is 12.5. The molecule has 0 fully saturated rings. The zero-order valence-corrected chi connectivity index (χ0v) is 11.5. The average molecular weight is 281 g/mol. The molecule has 0 heterocycles. The lowest BCUT2D eigenvalue weighted by molar-refractivity contribution is -0.122. The van der Waals surface area contributed by atoms with Crippen LogP contribution in [0.15, 0.2) is 29.2 Å². The summed E-state index contributed by atoms with van der Waals surface area (Å²) >= 11 is 0. The standard InChI is InChI=1S/C12H15N3O3S/c1-3-14-12(16)9(2)15-19(17,18)11-7-5-4-6-10(11)8-13/h4-7,9,15H,3H2,1-2H3,(H,14,16)/t9-/m1/s1. The third-order valence-corrected chi connectivity index (χ3v) is 3.97. The van der Waals surface area contributed by atoms with Crippen LogP contribution in [0.5, 0.6) is 0 Å². The molecule has 0 unspecified atom stereocenters. The van der Waals surface area contributed by atoms with Crippen molar-refractivity contribution >= 4 is 15.9 Å². The molecule has 0 aromatic heterocycles. The third kappa shape index (κ3) is 3.77. The van der Waals surface area contributed by atoms with Crippen LogP contribution in [0.3, 0.4) is 0 Å². The van der Waals surface area contributed by atoms with Crippen LogP contribution in [-0.4, -0.2) is 26.9 Å². The van der Waals surface area contributed by atoms with Crippen molar-refractivity contribution in [3.05, 3.63) is 29.8 Å². The molecule has 7 heteroatoms. The van der Waals surface area contributed by atoms with E-state index < -0.39 is 22.0 Å². The maximum Gasteiger partial charge on any atom is 0.242 e. The summed E-state index contributed by atoms with van der Waals surface area (Å²) in [6.07, 6.45) is 0. The highest BCUT2D eigenvalue weighted by Crippen LogP contribution is 2.14. The summed E-state index contributed by atoms with van der Waals surface area (Å²) in [7, 11) is -3.90. The van der Waals surface area contributed by atoms with Crippen LogP contribution in [0.2, 0.25) is 0 Å². The fourth-order valence-electron chi connectivity index (χ4n) is 1.47. The summed E-state index contributed by atoms with van der Waals surface area (Å²) in [4.78, 5) is 11.4. The minimum absolute atomic E-state index is 0.0399. The van der Waals surface area contributed by atoms with Crippen molar-refractivity contribution in [3.8, 4) is 6.07 Å². The molecule has 0 spiro atoms. The highest BCUT2D eigenvalue weighted by molar-refractivity contribution is 7.89. The molecule has 0 aliphatic rings. The molecule has 1 aromatic carbocycles. The molecule has 6 nitrogen and oxygen atoms in total. The summed E-state index contributed by atoms with van der Waals surface area (Å²) in [6, 6.07) is 6.73. The lowest BCUT2D eigenvalue weighted by Crippen LogP contribution is -2.44. The van der Waals surface area contributed by atoms with E-state index in [1.807, 2.05) is 6.07 Å². The smallest absolute Gasteiger partial charge is 0.242 e. The Morgan fingerprint density at radius 3 is 2.63 bits per heavy atom. The van der Waals surface area contributed by atoms with Crippen molar-refractivity contribution in [3.63, 3.8) is 0 Å². The van der Waals surface area contributed by atoms with Crippen LogP contribution in [-0.2, 0) is 14.8 Å². The van der Waals surface area contributed by atoms with Crippen LogP contribution >= 0.6 is 0 Å². The van der Waals surface area contributed by atoms with Crippen molar-refractivity contribution in [2.45, 2.75) is 24.8 Å². The average Bonchev–Trinajstić information content (AvgIpc) is 2.38. The number of rotatable bonds is 5. The van der Waals surface area contributed by atoms with Crippen molar-refractivity contribution in [1.82, 2.24) is 10.0 Å². The maximum atomic E-state index is 12.1. The molecule has 0 saturated carbocycles. The molecule has 1 aromatic rings. The molecule has 0 aliphatic carbocycles. The van der Waals surface area contributed by atoms with Crippen LogP contribution in [0.25, 0.3) is 0 Å². The maximum absolute atomic E-state index is 12.1. The van der Waals surface area contributed by atoms with E-state index >= 15 is 0 Å². The lowest BCUT2D eigenvalue weighted by atomic mass is 10.2. The first-order chi connectivity index (χ1) is 8.92. The fraction of sp³-hybridized carbons (Fsp3) is 0.333. The molecule has 1 atom stereocenters. The van der Waals surface area contributed by atoms with E-state index in [4.69, 9.17) is 5.26 Å². The predicted molar refractivity (Wildman–Crippen MR) is 69.6 cm³/mol. The Kier molecular flexibility index (Phi) is 5.03. The second-order valence-electron chi connectivity index (χ2n) is 3.85. The van der Waals surface area contributed by atoms with E-state index in [0.717, 1.165) is 0 Å². The van der Waals surface area contributed by atoms with Gasteiger partial charge in [0, 0.05) is 6.54 Å². The van der Waals surface area contributed by atoms with E-state index in [1.54, 1.807) is 13.0 Å². The number of carbonyl (C=O) groups excluding carboxylic acids is 1. The molecule has 2 N–H and O–H groups in total. The Labute approximate surface area is 112 Å². The number of amides is 1. The zero-order valence-electron chi connectivity index (χ0n) is 10.7. The number of hydrogen-bond acceptors (Lipinski definition) is 4. The van der Waals surface area contributed by atoms with Crippen molar-refractivity contribution in [2.75, 3.05) is 6.54 Å². The second kappa shape index (κ2) is 6.31. The molecule has 0 aliphatic heterocycles. The van der Waals surface area contributed by atoms with Crippen LogP contribution in [0.4, 0.5) is 0 Å². The van der Waals surface area contributed by atoms with Gasteiger partial charge in [0.25, 0.3) is 0 Å². The predicted octanol–water partition coefficient (Wildman–Crippen LogP) is 0.361. The lowest BCUT2D eigenvalue weighted by Gasteiger charge is -2.14. The molecule has 1 amide bonds. The van der Waals surface area contributed by atoms with Crippen molar-refractivity contribution in [2.24, 2.45) is 0 Å². The van der Waals surface area contributed by atoms with Crippen LogP contribution in [0.1, 0.15) is 19.4 Å². The number of sulfonamides is 1. The van der Waals surface area contributed by atoms with Gasteiger partial charge in [0.2, 0.25) is 15.9 Å². The van der Waals surface area contributed by atoms with E-state index in [9.17, 15) is 13.2 Å². The Bertz CT molecular complexity index is 605. The van der Waals surface area contributed by atoms with Crippen LogP contribution < -0.4 is 10.0 Å². The van der Waals surface area contributed by atoms with Gasteiger partial charge in [-0.3, -0.25) is 4.79 Å². The van der Waals surface area contributed by atoms with Gasteiger partial charge in [-0.2, -0.15) is 9.98 Å².